The Bertz CT molecular complexity index is 656. The van der Waals surface area contributed by atoms with E-state index in [1.165, 1.54) is 0 Å². The second kappa shape index (κ2) is 4.90. The molecule has 2 aromatic carbocycles. The first-order valence-corrected chi connectivity index (χ1v) is 7.11. The highest BCUT2D eigenvalue weighted by Gasteiger charge is 2.48. The summed E-state index contributed by atoms with van der Waals surface area (Å²) in [5.74, 6) is -1.51. The number of hydrogen-bond donors (Lipinski definition) is 0. The SMILES string of the molecule is Cc1ccc(C)c2c1[C@H](c1ccccc1)C[C@@H]2C(F)(F)F. The zero-order valence-electron chi connectivity index (χ0n) is 12.0. The molecule has 0 spiro atoms. The molecule has 0 radical (unpaired) electrons. The maximum Gasteiger partial charge on any atom is 0.395 e. The minimum Gasteiger partial charge on any atom is -0.170 e. The number of rotatable bonds is 1. The van der Waals surface area contributed by atoms with Gasteiger partial charge in [-0.15, -0.1) is 0 Å². The summed E-state index contributed by atoms with van der Waals surface area (Å²) in [6.45, 7) is 3.69. The summed E-state index contributed by atoms with van der Waals surface area (Å²) in [6, 6.07) is 13.3. The van der Waals surface area contributed by atoms with Gasteiger partial charge in [0.1, 0.15) is 0 Å². The lowest BCUT2D eigenvalue weighted by Crippen LogP contribution is -2.19. The summed E-state index contributed by atoms with van der Waals surface area (Å²) < 4.78 is 40.3. The van der Waals surface area contributed by atoms with Gasteiger partial charge in [-0.05, 0) is 48.1 Å². The van der Waals surface area contributed by atoms with E-state index in [4.69, 9.17) is 0 Å². The van der Waals surface area contributed by atoms with Crippen molar-refractivity contribution in [1.29, 1.82) is 0 Å². The molecule has 1 aliphatic rings. The number of fused-ring (bicyclic) bond motifs is 1. The van der Waals surface area contributed by atoms with Crippen LogP contribution >= 0.6 is 0 Å². The number of hydrogen-bond acceptors (Lipinski definition) is 0. The molecule has 3 rings (SSSR count). The summed E-state index contributed by atoms with van der Waals surface area (Å²) in [6.07, 6.45) is -4.06. The van der Waals surface area contributed by atoms with Gasteiger partial charge in [0.2, 0.25) is 0 Å². The summed E-state index contributed by atoms with van der Waals surface area (Å²) in [4.78, 5) is 0. The smallest absolute Gasteiger partial charge is 0.170 e. The van der Waals surface area contributed by atoms with E-state index in [0.717, 1.165) is 22.3 Å². The van der Waals surface area contributed by atoms with Crippen molar-refractivity contribution in [2.45, 2.75) is 38.3 Å². The fraction of sp³-hybridized carbons (Fsp3) is 0.333. The molecule has 0 saturated carbocycles. The standard InChI is InChI=1S/C18H17F3/c1-11-8-9-12(2)17-15(18(19,20)21)10-14(16(11)17)13-6-4-3-5-7-13/h3-9,14-15H,10H2,1-2H3/t14-,15-/m0/s1. The first-order valence-electron chi connectivity index (χ1n) is 7.11. The monoisotopic (exact) mass is 290 g/mol. The van der Waals surface area contributed by atoms with Crippen molar-refractivity contribution in [3.8, 4) is 0 Å². The normalized spacial score (nSPS) is 21.4. The Kier molecular flexibility index (Phi) is 3.31. The molecule has 0 aliphatic heterocycles. The van der Waals surface area contributed by atoms with E-state index in [0.29, 0.717) is 5.56 Å². The zero-order chi connectivity index (χ0) is 15.2. The van der Waals surface area contributed by atoms with Crippen LogP contribution in [0.1, 0.15) is 46.1 Å². The van der Waals surface area contributed by atoms with Crippen molar-refractivity contribution in [3.05, 3.63) is 70.3 Å². The van der Waals surface area contributed by atoms with Crippen molar-refractivity contribution in [3.63, 3.8) is 0 Å². The molecule has 21 heavy (non-hydrogen) atoms. The predicted molar refractivity (Wildman–Crippen MR) is 77.6 cm³/mol. The van der Waals surface area contributed by atoms with Gasteiger partial charge < -0.3 is 0 Å². The van der Waals surface area contributed by atoms with Crippen LogP contribution in [0.4, 0.5) is 13.2 Å². The Balaban J connectivity index is 2.19. The van der Waals surface area contributed by atoms with Gasteiger partial charge in [0.15, 0.2) is 0 Å². The van der Waals surface area contributed by atoms with Gasteiger partial charge in [-0.2, -0.15) is 13.2 Å². The average molecular weight is 290 g/mol. The molecule has 1 aliphatic carbocycles. The van der Waals surface area contributed by atoms with Crippen molar-refractivity contribution >= 4 is 0 Å². The minimum absolute atomic E-state index is 0.120. The Morgan fingerprint density at radius 1 is 0.857 bits per heavy atom. The molecule has 0 nitrogen and oxygen atoms in total. The predicted octanol–water partition coefficient (Wildman–Crippen LogP) is 5.48. The molecule has 0 heterocycles. The molecule has 0 amide bonds. The maximum absolute atomic E-state index is 13.4. The van der Waals surface area contributed by atoms with E-state index in [9.17, 15) is 13.2 Å². The Morgan fingerprint density at radius 3 is 2.00 bits per heavy atom. The largest absolute Gasteiger partial charge is 0.395 e. The first-order chi connectivity index (χ1) is 9.89. The van der Waals surface area contributed by atoms with Crippen LogP contribution in [0.5, 0.6) is 0 Å². The number of benzene rings is 2. The van der Waals surface area contributed by atoms with Crippen LogP contribution in [0.3, 0.4) is 0 Å². The Labute approximate surface area is 122 Å². The van der Waals surface area contributed by atoms with Gasteiger partial charge in [-0.25, -0.2) is 0 Å². The Morgan fingerprint density at radius 2 is 1.43 bits per heavy atom. The molecule has 0 fully saturated rings. The quantitative estimate of drug-likeness (QED) is 0.652. The molecule has 2 aromatic rings. The molecule has 0 unspecified atom stereocenters. The summed E-state index contributed by atoms with van der Waals surface area (Å²) in [5, 5.41) is 0. The highest BCUT2D eigenvalue weighted by Crippen LogP contribution is 2.53. The summed E-state index contributed by atoms with van der Waals surface area (Å²) >= 11 is 0. The molecule has 0 N–H and O–H groups in total. The average Bonchev–Trinajstić information content (AvgIpc) is 2.86. The minimum atomic E-state index is -4.18. The van der Waals surface area contributed by atoms with Crippen LogP contribution in [0, 0.1) is 13.8 Å². The number of aryl methyl sites for hydroxylation is 2. The van der Waals surface area contributed by atoms with Crippen LogP contribution in [0.25, 0.3) is 0 Å². The van der Waals surface area contributed by atoms with Crippen LogP contribution in [0.15, 0.2) is 42.5 Å². The van der Waals surface area contributed by atoms with Gasteiger partial charge in [0, 0.05) is 5.92 Å². The molecule has 0 bridgehead atoms. The fourth-order valence-corrected chi connectivity index (χ4v) is 3.54. The van der Waals surface area contributed by atoms with Crippen LogP contribution in [-0.4, -0.2) is 6.18 Å². The number of halogens is 3. The molecular weight excluding hydrogens is 273 g/mol. The zero-order valence-corrected chi connectivity index (χ0v) is 12.0. The molecule has 0 saturated heterocycles. The van der Waals surface area contributed by atoms with Crippen LogP contribution in [-0.2, 0) is 0 Å². The highest BCUT2D eigenvalue weighted by atomic mass is 19.4. The van der Waals surface area contributed by atoms with Gasteiger partial charge in [-0.3, -0.25) is 0 Å². The van der Waals surface area contributed by atoms with Crippen LogP contribution < -0.4 is 0 Å². The van der Waals surface area contributed by atoms with Gasteiger partial charge in [0.05, 0.1) is 5.92 Å². The summed E-state index contributed by atoms with van der Waals surface area (Å²) in [7, 11) is 0. The van der Waals surface area contributed by atoms with Crippen molar-refractivity contribution in [2.24, 2.45) is 0 Å². The topological polar surface area (TPSA) is 0 Å². The molecule has 3 heteroatoms. The van der Waals surface area contributed by atoms with E-state index in [2.05, 4.69) is 0 Å². The van der Waals surface area contributed by atoms with Crippen molar-refractivity contribution in [1.82, 2.24) is 0 Å². The van der Waals surface area contributed by atoms with Gasteiger partial charge in [-0.1, -0.05) is 42.5 Å². The second-order valence-corrected chi connectivity index (χ2v) is 5.82. The molecule has 110 valence electrons. The van der Waals surface area contributed by atoms with E-state index in [1.54, 1.807) is 13.0 Å². The first kappa shape index (κ1) is 14.2. The van der Waals surface area contributed by atoms with E-state index >= 15 is 0 Å². The van der Waals surface area contributed by atoms with E-state index < -0.39 is 12.1 Å². The van der Waals surface area contributed by atoms with Gasteiger partial charge in [0.25, 0.3) is 0 Å². The molecule has 0 aromatic heterocycles. The van der Waals surface area contributed by atoms with Crippen molar-refractivity contribution in [2.75, 3.05) is 0 Å². The lowest BCUT2D eigenvalue weighted by Gasteiger charge is -2.18. The molecular formula is C18H17F3. The third-order valence-electron chi connectivity index (χ3n) is 4.49. The molecule has 2 atom stereocenters. The Hall–Kier alpha value is -1.77. The van der Waals surface area contributed by atoms with Crippen LogP contribution in [0.2, 0.25) is 0 Å². The van der Waals surface area contributed by atoms with E-state index in [-0.39, 0.29) is 12.3 Å². The maximum atomic E-state index is 13.4. The lowest BCUT2D eigenvalue weighted by atomic mass is 9.89. The number of alkyl halides is 3. The van der Waals surface area contributed by atoms with Gasteiger partial charge >= 0.3 is 6.18 Å². The fourth-order valence-electron chi connectivity index (χ4n) is 3.54. The second-order valence-electron chi connectivity index (χ2n) is 5.82. The summed E-state index contributed by atoms with van der Waals surface area (Å²) in [5.41, 5.74) is 4.05. The van der Waals surface area contributed by atoms with E-state index in [1.807, 2.05) is 43.3 Å². The van der Waals surface area contributed by atoms with Crippen molar-refractivity contribution < 1.29 is 13.2 Å². The third-order valence-corrected chi connectivity index (χ3v) is 4.49. The third kappa shape index (κ3) is 2.35. The lowest BCUT2D eigenvalue weighted by molar-refractivity contribution is -0.150. The highest BCUT2D eigenvalue weighted by molar-refractivity contribution is 5.52.